The Kier molecular flexibility index (Phi) is 5.59. The molecule has 1 rings (SSSR count). The molecule has 1 aliphatic heterocycles. The van der Waals surface area contributed by atoms with Crippen LogP contribution in [0.2, 0.25) is 0 Å². The fraction of sp³-hybridized carbons (Fsp3) is 0.846. The van der Waals surface area contributed by atoms with E-state index in [0.29, 0.717) is 37.9 Å². The quantitative estimate of drug-likeness (QED) is 0.709. The minimum atomic E-state index is -0.803. The van der Waals surface area contributed by atoms with E-state index in [1.54, 1.807) is 4.90 Å². The summed E-state index contributed by atoms with van der Waals surface area (Å²) in [5.74, 6) is -0.0729. The van der Waals surface area contributed by atoms with Crippen molar-refractivity contribution >= 4 is 11.9 Å². The third-order valence-corrected chi connectivity index (χ3v) is 3.79. The molecule has 104 valence electrons. The number of carbonyl (C=O) groups excluding carboxylic acids is 1. The van der Waals surface area contributed by atoms with Crippen molar-refractivity contribution in [2.45, 2.75) is 33.1 Å². The number of likely N-dealkylation sites (tertiary alicyclic amines) is 1. The maximum Gasteiger partial charge on any atom is 0.310 e. The Labute approximate surface area is 108 Å². The molecule has 0 spiro atoms. The van der Waals surface area contributed by atoms with Crippen LogP contribution in [0.15, 0.2) is 0 Å². The molecule has 0 bridgehead atoms. The smallest absolute Gasteiger partial charge is 0.310 e. The van der Waals surface area contributed by atoms with E-state index in [9.17, 15) is 9.59 Å². The van der Waals surface area contributed by atoms with Gasteiger partial charge in [0, 0.05) is 19.5 Å². The van der Waals surface area contributed by atoms with Crippen molar-refractivity contribution in [1.29, 1.82) is 0 Å². The van der Waals surface area contributed by atoms with E-state index in [0.717, 1.165) is 12.8 Å². The van der Waals surface area contributed by atoms with Crippen molar-refractivity contribution in [3.05, 3.63) is 0 Å². The van der Waals surface area contributed by atoms with Crippen LogP contribution < -0.4 is 5.73 Å². The Balaban J connectivity index is 2.27. The summed E-state index contributed by atoms with van der Waals surface area (Å²) in [5.41, 5.74) is 5.56. The highest BCUT2D eigenvalue weighted by Crippen LogP contribution is 2.23. The minimum Gasteiger partial charge on any atom is -0.481 e. The standard InChI is InChI=1S/C13H24N2O3/c1-9(2)10(5-6-14)3-4-12(16)15-7-11(8-15)13(17)18/h9-11H,3-8,14H2,1-2H3,(H,17,18). The lowest BCUT2D eigenvalue weighted by molar-refractivity contribution is -0.152. The predicted molar refractivity (Wildman–Crippen MR) is 68.9 cm³/mol. The summed E-state index contributed by atoms with van der Waals surface area (Å²) < 4.78 is 0. The van der Waals surface area contributed by atoms with Crippen molar-refractivity contribution in [2.24, 2.45) is 23.5 Å². The fourth-order valence-corrected chi connectivity index (χ4v) is 2.33. The van der Waals surface area contributed by atoms with Crippen LogP contribution in [0.25, 0.3) is 0 Å². The Bertz CT molecular complexity index is 299. The number of hydrogen-bond donors (Lipinski definition) is 2. The monoisotopic (exact) mass is 256 g/mol. The summed E-state index contributed by atoms with van der Waals surface area (Å²) >= 11 is 0. The Morgan fingerprint density at radius 3 is 2.39 bits per heavy atom. The second-order valence-electron chi connectivity index (χ2n) is 5.45. The maximum atomic E-state index is 11.8. The van der Waals surface area contributed by atoms with Crippen LogP contribution in [0.1, 0.15) is 33.1 Å². The first-order chi connectivity index (χ1) is 8.45. The molecule has 0 aromatic rings. The maximum absolute atomic E-state index is 11.8. The van der Waals surface area contributed by atoms with E-state index < -0.39 is 5.97 Å². The van der Waals surface area contributed by atoms with Gasteiger partial charge in [-0.1, -0.05) is 13.8 Å². The van der Waals surface area contributed by atoms with Gasteiger partial charge in [-0.3, -0.25) is 9.59 Å². The zero-order valence-electron chi connectivity index (χ0n) is 11.3. The van der Waals surface area contributed by atoms with Gasteiger partial charge in [0.15, 0.2) is 0 Å². The molecule has 5 heteroatoms. The van der Waals surface area contributed by atoms with Crippen LogP contribution in [0.3, 0.4) is 0 Å². The minimum absolute atomic E-state index is 0.0789. The highest BCUT2D eigenvalue weighted by molar-refractivity contribution is 5.80. The molecule has 1 aliphatic rings. The number of hydrogen-bond acceptors (Lipinski definition) is 3. The lowest BCUT2D eigenvalue weighted by Crippen LogP contribution is -2.53. The lowest BCUT2D eigenvalue weighted by Gasteiger charge is -2.37. The zero-order valence-corrected chi connectivity index (χ0v) is 11.3. The zero-order chi connectivity index (χ0) is 13.7. The Morgan fingerprint density at radius 1 is 1.33 bits per heavy atom. The highest BCUT2D eigenvalue weighted by Gasteiger charge is 2.35. The Hall–Kier alpha value is -1.10. The molecule has 1 atom stereocenters. The van der Waals surface area contributed by atoms with E-state index in [1.165, 1.54) is 0 Å². The molecule has 0 aromatic heterocycles. The van der Waals surface area contributed by atoms with Gasteiger partial charge in [0.05, 0.1) is 5.92 Å². The normalized spacial score (nSPS) is 17.7. The van der Waals surface area contributed by atoms with Crippen LogP contribution in [0, 0.1) is 17.8 Å². The number of nitrogens with zero attached hydrogens (tertiary/aromatic N) is 1. The molecule has 1 heterocycles. The third-order valence-electron chi connectivity index (χ3n) is 3.79. The molecular formula is C13H24N2O3. The first kappa shape index (κ1) is 15.0. The molecular weight excluding hydrogens is 232 g/mol. The molecule has 0 saturated carbocycles. The molecule has 18 heavy (non-hydrogen) atoms. The first-order valence-corrected chi connectivity index (χ1v) is 6.66. The van der Waals surface area contributed by atoms with E-state index in [-0.39, 0.29) is 11.8 Å². The number of rotatable bonds is 7. The van der Waals surface area contributed by atoms with Gasteiger partial charge in [0.25, 0.3) is 0 Å². The van der Waals surface area contributed by atoms with Gasteiger partial charge in [-0.05, 0) is 31.2 Å². The molecule has 1 saturated heterocycles. The predicted octanol–water partition coefficient (Wildman–Crippen LogP) is 0.931. The average molecular weight is 256 g/mol. The van der Waals surface area contributed by atoms with Gasteiger partial charge in [0.1, 0.15) is 0 Å². The van der Waals surface area contributed by atoms with E-state index in [4.69, 9.17) is 10.8 Å². The topological polar surface area (TPSA) is 83.6 Å². The Morgan fingerprint density at radius 2 is 1.94 bits per heavy atom. The summed E-state index contributed by atoms with van der Waals surface area (Å²) in [4.78, 5) is 24.1. The summed E-state index contributed by atoms with van der Waals surface area (Å²) in [6, 6.07) is 0. The van der Waals surface area contributed by atoms with Crippen molar-refractivity contribution in [3.63, 3.8) is 0 Å². The van der Waals surface area contributed by atoms with Crippen LogP contribution >= 0.6 is 0 Å². The van der Waals surface area contributed by atoms with Crippen molar-refractivity contribution in [3.8, 4) is 0 Å². The molecule has 1 fully saturated rings. The average Bonchev–Trinajstić information content (AvgIpc) is 2.20. The largest absolute Gasteiger partial charge is 0.481 e. The van der Waals surface area contributed by atoms with E-state index in [2.05, 4.69) is 13.8 Å². The summed E-state index contributed by atoms with van der Waals surface area (Å²) in [7, 11) is 0. The molecule has 0 radical (unpaired) electrons. The van der Waals surface area contributed by atoms with Gasteiger partial charge >= 0.3 is 5.97 Å². The summed E-state index contributed by atoms with van der Waals surface area (Å²) in [6.45, 7) is 5.69. The molecule has 0 aliphatic carbocycles. The van der Waals surface area contributed by atoms with Gasteiger partial charge in [-0.2, -0.15) is 0 Å². The van der Waals surface area contributed by atoms with Gasteiger partial charge in [-0.15, -0.1) is 0 Å². The second kappa shape index (κ2) is 6.73. The van der Waals surface area contributed by atoms with Crippen molar-refractivity contribution < 1.29 is 14.7 Å². The number of carboxylic acids is 1. The highest BCUT2D eigenvalue weighted by atomic mass is 16.4. The number of carbonyl (C=O) groups is 2. The SMILES string of the molecule is CC(C)C(CCN)CCC(=O)N1CC(C(=O)O)C1. The van der Waals surface area contributed by atoms with Gasteiger partial charge in [0.2, 0.25) is 5.91 Å². The second-order valence-corrected chi connectivity index (χ2v) is 5.45. The first-order valence-electron chi connectivity index (χ1n) is 6.66. The molecule has 3 N–H and O–H groups in total. The number of carboxylic acid groups (broad SMARTS) is 1. The van der Waals surface area contributed by atoms with Gasteiger partial charge in [-0.25, -0.2) is 0 Å². The van der Waals surface area contributed by atoms with Crippen LogP contribution in [-0.2, 0) is 9.59 Å². The van der Waals surface area contributed by atoms with E-state index in [1.807, 2.05) is 0 Å². The number of aliphatic carboxylic acids is 1. The lowest BCUT2D eigenvalue weighted by atomic mass is 9.87. The van der Waals surface area contributed by atoms with Crippen LogP contribution in [0.5, 0.6) is 0 Å². The summed E-state index contributed by atoms with van der Waals surface area (Å²) in [6.07, 6.45) is 2.31. The molecule has 1 amide bonds. The van der Waals surface area contributed by atoms with Crippen molar-refractivity contribution in [1.82, 2.24) is 4.90 Å². The third kappa shape index (κ3) is 3.98. The number of nitrogens with two attached hydrogens (primary N) is 1. The van der Waals surface area contributed by atoms with Crippen LogP contribution in [0.4, 0.5) is 0 Å². The molecule has 5 nitrogen and oxygen atoms in total. The fourth-order valence-electron chi connectivity index (χ4n) is 2.33. The number of amides is 1. The van der Waals surface area contributed by atoms with Gasteiger partial charge < -0.3 is 15.7 Å². The van der Waals surface area contributed by atoms with E-state index >= 15 is 0 Å². The molecule has 0 aromatic carbocycles. The molecule has 1 unspecified atom stereocenters. The van der Waals surface area contributed by atoms with Crippen molar-refractivity contribution in [2.75, 3.05) is 19.6 Å². The summed E-state index contributed by atoms with van der Waals surface area (Å²) in [5, 5.41) is 8.74. The van der Waals surface area contributed by atoms with Crippen LogP contribution in [-0.4, -0.2) is 41.5 Å².